The summed E-state index contributed by atoms with van der Waals surface area (Å²) < 4.78 is 0. The van der Waals surface area contributed by atoms with Crippen LogP contribution in [0.25, 0.3) is 4.91 Å². The van der Waals surface area contributed by atoms with Crippen molar-refractivity contribution in [1.82, 2.24) is 4.90 Å². The average molecular weight is 270 g/mol. The van der Waals surface area contributed by atoms with Gasteiger partial charge >= 0.3 is 0 Å². The van der Waals surface area contributed by atoms with E-state index in [0.29, 0.717) is 0 Å². The largest absolute Gasteiger partial charge is 0.493 e. The Labute approximate surface area is 116 Å². The highest BCUT2D eigenvalue weighted by atomic mass is 32.2. The van der Waals surface area contributed by atoms with Gasteiger partial charge in [0, 0.05) is 12.4 Å². The molecule has 0 fully saturated rings. The molecule has 1 aromatic rings. The number of hydrogen-bond donors (Lipinski definition) is 1. The van der Waals surface area contributed by atoms with Gasteiger partial charge in [0.15, 0.2) is 5.17 Å². The molecule has 1 N–H and O–H groups in total. The monoisotopic (exact) mass is 270 g/mol. The number of aliphatic hydroxyl groups is 1. The van der Waals surface area contributed by atoms with Crippen molar-refractivity contribution < 1.29 is 5.11 Å². The maximum atomic E-state index is 10.3. The van der Waals surface area contributed by atoms with Gasteiger partial charge in [-0.2, -0.15) is 0 Å². The van der Waals surface area contributed by atoms with Gasteiger partial charge in [0.2, 0.25) is 5.88 Å². The zero-order valence-electron chi connectivity index (χ0n) is 10.8. The molecule has 2 aliphatic heterocycles. The summed E-state index contributed by atoms with van der Waals surface area (Å²) in [6.45, 7) is 4.16. The predicted octanol–water partition coefficient (Wildman–Crippen LogP) is 3.93. The average Bonchev–Trinajstić information content (AvgIpc) is 2.59. The lowest BCUT2D eigenvalue weighted by molar-refractivity contribution is 0.325. The molecule has 0 amide bonds. The maximum absolute atomic E-state index is 10.3. The number of hydrogen-bond acceptors (Lipinski definition) is 4. The normalized spacial score (nSPS) is 17.6. The van der Waals surface area contributed by atoms with E-state index in [1.807, 2.05) is 24.4 Å². The maximum Gasteiger partial charge on any atom is 0.212 e. The fraction of sp³-hybridized carbons (Fsp3) is 0.133. The van der Waals surface area contributed by atoms with Crippen molar-refractivity contribution in [2.24, 2.45) is 4.99 Å². The molecule has 3 nitrogen and oxygen atoms in total. The summed E-state index contributed by atoms with van der Waals surface area (Å²) in [7, 11) is 0. The van der Waals surface area contributed by atoms with Crippen LogP contribution in [0.2, 0.25) is 0 Å². The van der Waals surface area contributed by atoms with E-state index >= 15 is 0 Å². The first-order valence-corrected chi connectivity index (χ1v) is 6.87. The first-order valence-electron chi connectivity index (χ1n) is 6.06. The molecule has 0 aromatic heterocycles. The van der Waals surface area contributed by atoms with Gasteiger partial charge in [0.1, 0.15) is 0 Å². The number of rotatable bonds is 1. The molecular weight excluding hydrogens is 256 g/mol. The van der Waals surface area contributed by atoms with E-state index in [1.165, 1.54) is 22.9 Å². The number of amidine groups is 1. The van der Waals surface area contributed by atoms with Crippen molar-refractivity contribution in [3.05, 3.63) is 65.3 Å². The van der Waals surface area contributed by atoms with Crippen LogP contribution in [0.1, 0.15) is 16.7 Å². The van der Waals surface area contributed by atoms with Crippen molar-refractivity contribution >= 4 is 21.8 Å². The number of nitrogens with zero attached hydrogens (tertiary/aromatic N) is 2. The molecule has 96 valence electrons. The third kappa shape index (κ3) is 2.08. The zero-order chi connectivity index (χ0) is 13.4. The predicted molar refractivity (Wildman–Crippen MR) is 80.6 cm³/mol. The first-order chi connectivity index (χ1) is 9.16. The van der Waals surface area contributed by atoms with E-state index in [1.54, 1.807) is 11.1 Å². The summed E-state index contributed by atoms with van der Waals surface area (Å²) in [5.41, 5.74) is 3.50. The van der Waals surface area contributed by atoms with Crippen molar-refractivity contribution in [3.63, 3.8) is 0 Å². The molecule has 2 aliphatic rings. The molecule has 1 aromatic carbocycles. The molecule has 0 bridgehead atoms. The molecule has 0 saturated carbocycles. The third-order valence-corrected chi connectivity index (χ3v) is 4.32. The van der Waals surface area contributed by atoms with Crippen LogP contribution in [0.4, 0.5) is 0 Å². The molecule has 4 heteroatoms. The lowest BCUT2D eigenvalue weighted by atomic mass is 10.1. The van der Waals surface area contributed by atoms with Crippen LogP contribution in [0.5, 0.6) is 0 Å². The Morgan fingerprint density at radius 2 is 2.00 bits per heavy atom. The second-order valence-corrected chi connectivity index (χ2v) is 5.50. The van der Waals surface area contributed by atoms with E-state index in [4.69, 9.17) is 0 Å². The summed E-state index contributed by atoms with van der Waals surface area (Å²) in [5.74, 6) is 0.243. The number of fused-ring (bicyclic) bond motifs is 1. The number of benzene rings is 1. The van der Waals surface area contributed by atoms with Crippen LogP contribution in [0.15, 0.2) is 53.6 Å². The summed E-state index contributed by atoms with van der Waals surface area (Å²) in [4.78, 5) is 6.86. The first kappa shape index (κ1) is 12.1. The van der Waals surface area contributed by atoms with E-state index < -0.39 is 0 Å². The third-order valence-electron chi connectivity index (χ3n) is 3.22. The van der Waals surface area contributed by atoms with Gasteiger partial charge in [-0.15, -0.1) is 0 Å². The Morgan fingerprint density at radius 3 is 2.79 bits per heavy atom. The van der Waals surface area contributed by atoms with Crippen molar-refractivity contribution in [3.8, 4) is 0 Å². The van der Waals surface area contributed by atoms with Gasteiger partial charge in [-0.05, 0) is 54.5 Å². The molecule has 0 saturated heterocycles. The highest BCUT2D eigenvalue weighted by Gasteiger charge is 2.29. The van der Waals surface area contributed by atoms with E-state index in [0.717, 1.165) is 15.6 Å². The number of allylic oxidation sites excluding steroid dienone is 2. The van der Waals surface area contributed by atoms with Crippen molar-refractivity contribution in [2.45, 2.75) is 13.8 Å². The van der Waals surface area contributed by atoms with E-state index in [-0.39, 0.29) is 5.88 Å². The van der Waals surface area contributed by atoms with Crippen LogP contribution >= 0.6 is 11.8 Å². The molecule has 3 rings (SSSR count). The molecule has 0 spiro atoms. The number of thioether (sulfide) groups is 1. The second kappa shape index (κ2) is 4.63. The van der Waals surface area contributed by atoms with Gasteiger partial charge in [-0.3, -0.25) is 4.90 Å². The lowest BCUT2D eigenvalue weighted by Gasteiger charge is -2.10. The minimum atomic E-state index is 0.243. The highest BCUT2D eigenvalue weighted by Crippen LogP contribution is 2.41. The van der Waals surface area contributed by atoms with Gasteiger partial charge in [-0.1, -0.05) is 18.2 Å². The smallest absolute Gasteiger partial charge is 0.212 e. The summed E-state index contributed by atoms with van der Waals surface area (Å²) in [5, 5.41) is 11.1. The topological polar surface area (TPSA) is 35.8 Å². The van der Waals surface area contributed by atoms with Crippen LogP contribution in [-0.4, -0.2) is 15.2 Å². The Balaban J connectivity index is 2.04. The van der Waals surface area contributed by atoms with Crippen LogP contribution in [0, 0.1) is 13.8 Å². The molecule has 0 unspecified atom stereocenters. The number of aryl methyl sites for hydroxylation is 2. The zero-order valence-corrected chi connectivity index (χ0v) is 11.6. The second-order valence-electron chi connectivity index (χ2n) is 4.52. The van der Waals surface area contributed by atoms with Crippen LogP contribution in [0.3, 0.4) is 0 Å². The van der Waals surface area contributed by atoms with E-state index in [9.17, 15) is 5.11 Å². The van der Waals surface area contributed by atoms with Gasteiger partial charge in [0.05, 0.1) is 4.91 Å². The minimum Gasteiger partial charge on any atom is -0.493 e. The number of aliphatic hydroxyl groups excluding tert-OH is 1. The van der Waals surface area contributed by atoms with Gasteiger partial charge in [-0.25, -0.2) is 4.99 Å². The fourth-order valence-corrected chi connectivity index (χ4v) is 2.95. The van der Waals surface area contributed by atoms with Crippen molar-refractivity contribution in [1.29, 1.82) is 0 Å². The van der Waals surface area contributed by atoms with Gasteiger partial charge in [0.25, 0.3) is 0 Å². The summed E-state index contributed by atoms with van der Waals surface area (Å²) in [6, 6.07) is 6.21. The minimum absolute atomic E-state index is 0.243. The Hall–Kier alpha value is -1.94. The Bertz CT molecular complexity index is 656. The Kier molecular flexibility index (Phi) is 2.95. The molecule has 0 aliphatic carbocycles. The van der Waals surface area contributed by atoms with Crippen LogP contribution in [-0.2, 0) is 0 Å². The molecule has 0 radical (unpaired) electrons. The summed E-state index contributed by atoms with van der Waals surface area (Å²) in [6.07, 6.45) is 7.25. The van der Waals surface area contributed by atoms with Gasteiger partial charge < -0.3 is 5.11 Å². The van der Waals surface area contributed by atoms with E-state index in [2.05, 4.69) is 31.0 Å². The quantitative estimate of drug-likeness (QED) is 0.839. The summed E-state index contributed by atoms with van der Waals surface area (Å²) >= 11 is 1.49. The Morgan fingerprint density at radius 1 is 1.16 bits per heavy atom. The highest BCUT2D eigenvalue weighted by molar-refractivity contribution is 8.22. The standard InChI is InChI=1S/C15H14N2OS/c1-10-5-6-12(9-11(10)2)13-14(18)17-8-4-3-7-16-15(17)19-13/h3-9,18H,1-2H3. The SMILES string of the molecule is Cc1ccc(C2=C(O)N3C=CC=CN=C3S2)cc1C. The molecule has 19 heavy (non-hydrogen) atoms. The van der Waals surface area contributed by atoms with Crippen LogP contribution < -0.4 is 0 Å². The fourth-order valence-electron chi connectivity index (χ4n) is 1.97. The number of aliphatic imine (C=N–C) groups is 1. The lowest BCUT2D eigenvalue weighted by Crippen LogP contribution is -2.16. The molecule has 0 atom stereocenters. The van der Waals surface area contributed by atoms with Crippen molar-refractivity contribution in [2.75, 3.05) is 0 Å². The molecular formula is C15H14N2OS. The molecule has 2 heterocycles.